The second-order valence-electron chi connectivity index (χ2n) is 7.17. The number of nitrogens with zero attached hydrogens (tertiary/aromatic N) is 3. The summed E-state index contributed by atoms with van der Waals surface area (Å²) in [6.45, 7) is 4.39. The highest BCUT2D eigenvalue weighted by Crippen LogP contribution is 2.31. The number of ether oxygens (including phenoxy) is 1. The number of rotatable bonds is 9. The Bertz CT molecular complexity index is 1120. The van der Waals surface area contributed by atoms with Crippen LogP contribution in [0.3, 0.4) is 0 Å². The third-order valence-electron chi connectivity index (χ3n) is 4.65. The molecule has 0 aliphatic carbocycles. The third kappa shape index (κ3) is 5.53. The maximum Gasteiger partial charge on any atom is 0.307 e. The molecular weight excluding hydrogens is 423 g/mol. The van der Waals surface area contributed by atoms with Gasteiger partial charge in [-0.2, -0.15) is 5.10 Å². The number of carboxylic acids is 1. The first-order valence-electron chi connectivity index (χ1n) is 9.58. The molecule has 0 saturated carbocycles. The van der Waals surface area contributed by atoms with Crippen LogP contribution in [0.4, 0.5) is 4.39 Å². The largest absolute Gasteiger partial charge is 0.481 e. The molecule has 0 fully saturated rings. The van der Waals surface area contributed by atoms with Crippen molar-refractivity contribution in [3.8, 4) is 17.0 Å². The van der Waals surface area contributed by atoms with Crippen LogP contribution in [0.25, 0.3) is 11.1 Å². The van der Waals surface area contributed by atoms with E-state index in [-0.39, 0.29) is 30.5 Å². The molecule has 0 radical (unpaired) electrons. The second-order valence-corrected chi connectivity index (χ2v) is 8.15. The molecule has 3 N–H and O–H groups in total. The molecule has 1 atom stereocenters. The van der Waals surface area contributed by atoms with Gasteiger partial charge in [-0.05, 0) is 34.2 Å². The third-order valence-corrected chi connectivity index (χ3v) is 5.31. The van der Waals surface area contributed by atoms with Gasteiger partial charge >= 0.3 is 5.97 Å². The Morgan fingerprint density at radius 3 is 2.77 bits per heavy atom. The van der Waals surface area contributed by atoms with E-state index in [1.165, 1.54) is 4.68 Å². The first kappa shape index (κ1) is 22.6. The van der Waals surface area contributed by atoms with Gasteiger partial charge in [0.15, 0.2) is 10.8 Å². The van der Waals surface area contributed by atoms with Gasteiger partial charge < -0.3 is 9.84 Å². The monoisotopic (exact) mass is 446 g/mol. The van der Waals surface area contributed by atoms with Crippen LogP contribution in [0.15, 0.2) is 47.8 Å². The Kier molecular flexibility index (Phi) is 7.13. The number of hydrogen-bond acceptors (Lipinski definition) is 5. The molecule has 2 aromatic heterocycles. The highest BCUT2D eigenvalue weighted by atomic mass is 32.2. The van der Waals surface area contributed by atoms with Crippen LogP contribution >= 0.6 is 0 Å². The normalized spacial score (nSPS) is 12.2. The number of carboxylic acid groups (broad SMARTS) is 1. The zero-order valence-electron chi connectivity index (χ0n) is 17.1. The van der Waals surface area contributed by atoms with E-state index in [1.54, 1.807) is 18.3 Å². The van der Waals surface area contributed by atoms with Crippen LogP contribution in [0.5, 0.6) is 5.88 Å². The smallest absolute Gasteiger partial charge is 0.307 e. The lowest BCUT2D eigenvalue weighted by molar-refractivity contribution is -0.136. The van der Waals surface area contributed by atoms with Gasteiger partial charge in [0.1, 0.15) is 17.6 Å². The predicted molar refractivity (Wildman–Crippen MR) is 113 cm³/mol. The quantitative estimate of drug-likeness (QED) is 0.521. The molecule has 2 heterocycles. The summed E-state index contributed by atoms with van der Waals surface area (Å²) in [5, 5.41) is 18.1. The van der Waals surface area contributed by atoms with E-state index >= 15 is 0 Å². The number of benzene rings is 1. The molecule has 1 unspecified atom stereocenters. The van der Waals surface area contributed by atoms with Crippen molar-refractivity contribution in [2.45, 2.75) is 37.8 Å². The van der Waals surface area contributed by atoms with Crippen LogP contribution in [0.2, 0.25) is 0 Å². The molecule has 0 amide bonds. The molecular formula is C21H23FN4O4S. The standard InChI is InChI=1S/C21H23FN4O4S/c1-13(2)15-4-3-5-16(17(15)11-20(27)28)14-6-7-24-19(10-14)30-9-8-26-12-18(22)21(25-26)31(23)29/h3-7,10,12-13H,8-9,11,23H2,1-2H3,(H,27,28). The molecule has 0 bridgehead atoms. The lowest BCUT2D eigenvalue weighted by atomic mass is 9.89. The van der Waals surface area contributed by atoms with E-state index < -0.39 is 22.8 Å². The van der Waals surface area contributed by atoms with Crippen molar-refractivity contribution in [2.75, 3.05) is 6.61 Å². The molecule has 164 valence electrons. The summed E-state index contributed by atoms with van der Waals surface area (Å²) in [4.78, 5) is 15.6. The summed E-state index contributed by atoms with van der Waals surface area (Å²) in [6, 6.07) is 9.25. The van der Waals surface area contributed by atoms with E-state index in [9.17, 15) is 18.5 Å². The summed E-state index contributed by atoms with van der Waals surface area (Å²) in [5.41, 5.74) is 3.34. The lowest BCUT2D eigenvalue weighted by Crippen LogP contribution is -2.11. The molecule has 10 heteroatoms. The van der Waals surface area contributed by atoms with E-state index in [2.05, 4.69) is 10.1 Å². The molecule has 0 aliphatic heterocycles. The number of pyridine rings is 1. The van der Waals surface area contributed by atoms with E-state index in [1.807, 2.05) is 32.0 Å². The topological polar surface area (TPSA) is 120 Å². The lowest BCUT2D eigenvalue weighted by Gasteiger charge is -2.17. The Balaban J connectivity index is 1.79. The van der Waals surface area contributed by atoms with Gasteiger partial charge in [0.25, 0.3) is 0 Å². The van der Waals surface area contributed by atoms with Crippen LogP contribution in [0, 0.1) is 5.82 Å². The maximum atomic E-state index is 13.6. The summed E-state index contributed by atoms with van der Waals surface area (Å²) >= 11 is 0. The molecule has 3 aromatic rings. The summed E-state index contributed by atoms with van der Waals surface area (Å²) in [7, 11) is -2.00. The molecule has 8 nitrogen and oxygen atoms in total. The minimum absolute atomic E-state index is 0.0854. The summed E-state index contributed by atoms with van der Waals surface area (Å²) in [6.07, 6.45) is 2.60. The number of aromatic nitrogens is 3. The number of nitrogens with two attached hydrogens (primary N) is 1. The Labute approximate surface area is 181 Å². The minimum Gasteiger partial charge on any atom is -0.481 e. The van der Waals surface area contributed by atoms with E-state index in [4.69, 9.17) is 9.88 Å². The summed E-state index contributed by atoms with van der Waals surface area (Å²) < 4.78 is 31.7. The fraction of sp³-hybridized carbons (Fsp3) is 0.286. The van der Waals surface area contributed by atoms with Crippen molar-refractivity contribution in [3.05, 3.63) is 59.7 Å². The van der Waals surface area contributed by atoms with Crippen LogP contribution in [-0.2, 0) is 28.7 Å². The highest BCUT2D eigenvalue weighted by Gasteiger charge is 2.16. The second kappa shape index (κ2) is 9.80. The Hall–Kier alpha value is -3.11. The van der Waals surface area contributed by atoms with Crippen LogP contribution < -0.4 is 9.88 Å². The molecule has 0 saturated heterocycles. The molecule has 3 rings (SSSR count). The zero-order chi connectivity index (χ0) is 22.5. The average Bonchev–Trinajstić information content (AvgIpc) is 3.08. The summed E-state index contributed by atoms with van der Waals surface area (Å²) in [5.74, 6) is -1.13. The van der Waals surface area contributed by atoms with Crippen molar-refractivity contribution in [2.24, 2.45) is 5.14 Å². The first-order valence-corrected chi connectivity index (χ1v) is 10.8. The van der Waals surface area contributed by atoms with Gasteiger partial charge in [-0.15, -0.1) is 0 Å². The fourth-order valence-corrected chi connectivity index (χ4v) is 3.72. The zero-order valence-corrected chi connectivity index (χ0v) is 17.9. The van der Waals surface area contributed by atoms with E-state index in [0.29, 0.717) is 5.88 Å². The maximum absolute atomic E-state index is 13.6. The number of halogens is 1. The predicted octanol–water partition coefficient (Wildman–Crippen LogP) is 2.89. The van der Waals surface area contributed by atoms with Gasteiger partial charge in [-0.3, -0.25) is 9.48 Å². The Morgan fingerprint density at radius 1 is 1.35 bits per heavy atom. The van der Waals surface area contributed by atoms with Gasteiger partial charge in [0, 0.05) is 12.3 Å². The average molecular weight is 447 g/mol. The van der Waals surface area contributed by atoms with Crippen LogP contribution in [0.1, 0.15) is 30.9 Å². The molecule has 0 spiro atoms. The fourth-order valence-electron chi connectivity index (χ4n) is 3.29. The van der Waals surface area contributed by atoms with Gasteiger partial charge in [-0.25, -0.2) is 18.7 Å². The van der Waals surface area contributed by atoms with Crippen molar-refractivity contribution in [1.29, 1.82) is 0 Å². The molecule has 31 heavy (non-hydrogen) atoms. The number of hydrogen-bond donors (Lipinski definition) is 2. The Morgan fingerprint density at radius 2 is 2.13 bits per heavy atom. The van der Waals surface area contributed by atoms with E-state index in [0.717, 1.165) is 28.5 Å². The van der Waals surface area contributed by atoms with Crippen molar-refractivity contribution >= 4 is 17.0 Å². The van der Waals surface area contributed by atoms with Gasteiger partial charge in [0.2, 0.25) is 5.88 Å². The van der Waals surface area contributed by atoms with Gasteiger partial charge in [0.05, 0.1) is 19.2 Å². The molecule has 1 aromatic carbocycles. The number of carbonyl (C=O) groups is 1. The SMILES string of the molecule is CC(C)c1cccc(-c2ccnc(OCCn3cc(F)c(S(N)=O)n3)c2)c1CC(=O)O. The van der Waals surface area contributed by atoms with Gasteiger partial charge in [-0.1, -0.05) is 32.0 Å². The van der Waals surface area contributed by atoms with Crippen molar-refractivity contribution in [1.82, 2.24) is 14.8 Å². The number of aliphatic carboxylic acids is 1. The minimum atomic E-state index is -2.00. The van der Waals surface area contributed by atoms with Crippen molar-refractivity contribution in [3.63, 3.8) is 0 Å². The highest BCUT2D eigenvalue weighted by molar-refractivity contribution is 7.82. The first-order chi connectivity index (χ1) is 14.8. The van der Waals surface area contributed by atoms with Crippen LogP contribution in [-0.4, -0.2) is 36.7 Å². The van der Waals surface area contributed by atoms with Crippen molar-refractivity contribution < 1.29 is 23.2 Å². The molecule has 0 aliphatic rings.